The van der Waals surface area contributed by atoms with E-state index in [2.05, 4.69) is 25.2 Å². The summed E-state index contributed by atoms with van der Waals surface area (Å²) >= 11 is 4.76. The number of carbonyl (C=O) groups is 1. The molecule has 2 aromatic carbocycles. The van der Waals surface area contributed by atoms with Crippen molar-refractivity contribution >= 4 is 34.2 Å². The quantitative estimate of drug-likeness (QED) is 0.329. The fraction of sp³-hybridized carbons (Fsp3) is 0.227. The van der Waals surface area contributed by atoms with Gasteiger partial charge in [0.25, 0.3) is 5.91 Å². The number of aromatic nitrogens is 4. The molecule has 3 N–H and O–H groups in total. The lowest BCUT2D eigenvalue weighted by molar-refractivity contribution is -0.0964. The number of hydrogen-bond donors (Lipinski definition) is 3. The zero-order chi connectivity index (χ0) is 23.8. The number of aliphatic hydroxyl groups is 1. The highest BCUT2D eigenvalue weighted by Gasteiger charge is 2.27. The van der Waals surface area contributed by atoms with Crippen molar-refractivity contribution in [1.29, 1.82) is 0 Å². The van der Waals surface area contributed by atoms with Gasteiger partial charge in [-0.2, -0.15) is 5.10 Å². The summed E-state index contributed by atoms with van der Waals surface area (Å²) in [6.07, 6.45) is 0.801. The largest absolute Gasteiger partial charge is 0.487 e. The molecule has 0 aliphatic rings. The van der Waals surface area contributed by atoms with Gasteiger partial charge < -0.3 is 19.7 Å². The van der Waals surface area contributed by atoms with E-state index in [4.69, 9.17) is 11.6 Å². The lowest BCUT2D eigenvalue weighted by Gasteiger charge is -2.12. The van der Waals surface area contributed by atoms with Gasteiger partial charge in [-0.1, -0.05) is 0 Å². The van der Waals surface area contributed by atoms with Gasteiger partial charge in [-0.15, -0.1) is 8.78 Å². The molecule has 33 heavy (non-hydrogen) atoms. The van der Waals surface area contributed by atoms with Gasteiger partial charge in [0.05, 0.1) is 16.7 Å². The number of nitrogens with one attached hydrogen (secondary N) is 2. The Balaban J connectivity index is 1.71. The molecular formula is C22H20ClF2N5O3. The summed E-state index contributed by atoms with van der Waals surface area (Å²) in [5.41, 5.74) is -0.448. The Labute approximate surface area is 192 Å². The molecule has 1 amide bonds. The highest BCUT2D eigenvalue weighted by atomic mass is 35.5. The van der Waals surface area contributed by atoms with Gasteiger partial charge in [0, 0.05) is 41.2 Å². The number of fused-ring (bicyclic) bond motifs is 1. The van der Waals surface area contributed by atoms with Gasteiger partial charge in [0.15, 0.2) is 0 Å². The second-order valence-electron chi connectivity index (χ2n) is 7.28. The van der Waals surface area contributed by atoms with Crippen molar-refractivity contribution in [3.05, 3.63) is 60.0 Å². The topological polar surface area (TPSA) is 105 Å². The maximum Gasteiger partial charge on any atom is 0.487 e. The summed E-state index contributed by atoms with van der Waals surface area (Å²) in [6.45, 7) is 4.14. The Morgan fingerprint density at radius 1 is 1.30 bits per heavy atom. The van der Waals surface area contributed by atoms with Crippen molar-refractivity contribution in [1.82, 2.24) is 19.7 Å². The molecule has 11 heteroatoms. The van der Waals surface area contributed by atoms with Crippen LogP contribution in [0.2, 0.25) is 0 Å². The van der Waals surface area contributed by atoms with Gasteiger partial charge in [0.2, 0.25) is 0 Å². The van der Waals surface area contributed by atoms with Gasteiger partial charge in [0.1, 0.15) is 17.7 Å². The van der Waals surface area contributed by atoms with E-state index in [9.17, 15) is 18.7 Å². The lowest BCUT2D eigenvalue weighted by Crippen LogP contribution is -2.16. The number of aromatic amines is 1. The van der Waals surface area contributed by atoms with E-state index in [1.165, 1.54) is 24.3 Å². The molecular weight excluding hydrogens is 456 g/mol. The number of alkyl halides is 3. The molecule has 0 radical (unpaired) electrons. The van der Waals surface area contributed by atoms with Crippen molar-refractivity contribution in [2.24, 2.45) is 0 Å². The number of nitrogens with zero attached hydrogens (tertiary/aromatic N) is 3. The Bertz CT molecular complexity index is 1280. The molecule has 0 fully saturated rings. The maximum absolute atomic E-state index is 13.0. The van der Waals surface area contributed by atoms with E-state index in [1.54, 1.807) is 31.3 Å². The summed E-state index contributed by atoms with van der Waals surface area (Å²) in [6, 6.07) is 10.5. The Kier molecular flexibility index (Phi) is 6.05. The molecule has 0 bridgehead atoms. The van der Waals surface area contributed by atoms with Crippen molar-refractivity contribution in [2.75, 3.05) is 5.32 Å². The SMILES string of the molecule is CCn1c([C@@H](C)O)nc2cc(C(=O)Nc3ccc(OC(F)(F)Cl)cc3)cc(-c3ccn[nH]3)c21. The Morgan fingerprint density at radius 2 is 2.03 bits per heavy atom. The van der Waals surface area contributed by atoms with Crippen molar-refractivity contribution in [3.8, 4) is 17.0 Å². The van der Waals surface area contributed by atoms with Crippen LogP contribution in [0.3, 0.4) is 0 Å². The van der Waals surface area contributed by atoms with Gasteiger partial charge in [-0.3, -0.25) is 9.89 Å². The summed E-state index contributed by atoms with van der Waals surface area (Å²) in [5, 5.41) is 19.8. The second-order valence-corrected chi connectivity index (χ2v) is 7.72. The predicted octanol–water partition coefficient (Wildman–Crippen LogP) is 4.92. The number of aryl methyl sites for hydroxylation is 1. The molecule has 8 nitrogen and oxygen atoms in total. The molecule has 172 valence electrons. The zero-order valence-electron chi connectivity index (χ0n) is 17.6. The van der Waals surface area contributed by atoms with Crippen LogP contribution in [0.5, 0.6) is 5.75 Å². The van der Waals surface area contributed by atoms with E-state index >= 15 is 0 Å². The predicted molar refractivity (Wildman–Crippen MR) is 119 cm³/mol. The van der Waals surface area contributed by atoms with Crippen LogP contribution < -0.4 is 10.1 Å². The normalized spacial score (nSPS) is 12.7. The third kappa shape index (κ3) is 4.81. The van der Waals surface area contributed by atoms with Gasteiger partial charge >= 0.3 is 5.57 Å². The number of aliphatic hydroxyl groups excluding tert-OH is 1. The van der Waals surface area contributed by atoms with Crippen molar-refractivity contribution in [3.63, 3.8) is 0 Å². The first kappa shape index (κ1) is 22.7. The van der Waals surface area contributed by atoms with E-state index in [1.807, 2.05) is 11.5 Å². The molecule has 2 aromatic heterocycles. The van der Waals surface area contributed by atoms with Crippen LogP contribution in [-0.4, -0.2) is 36.3 Å². The standard InChI is InChI=1S/C22H20ClF2N5O3/c1-3-30-19-16(17-8-9-26-29-17)10-13(11-18(19)28-20(30)12(2)31)21(32)27-14-4-6-15(7-5-14)33-22(23,24)25/h4-12,31H,3H2,1-2H3,(H,26,29)(H,27,32)/t12-/m1/s1. The molecule has 0 spiro atoms. The Morgan fingerprint density at radius 3 is 2.61 bits per heavy atom. The molecule has 0 aliphatic heterocycles. The average molecular weight is 476 g/mol. The molecule has 4 aromatic rings. The minimum absolute atomic E-state index is 0.147. The minimum Gasteiger partial charge on any atom is -0.420 e. The summed E-state index contributed by atoms with van der Waals surface area (Å²) in [7, 11) is 0. The molecule has 0 unspecified atom stereocenters. The smallest absolute Gasteiger partial charge is 0.420 e. The molecule has 4 rings (SSSR count). The van der Waals surface area contributed by atoms with Crippen molar-refractivity contribution < 1.29 is 23.4 Å². The monoisotopic (exact) mass is 475 g/mol. The maximum atomic E-state index is 13.0. The van der Waals surface area contributed by atoms with Crippen LogP contribution in [-0.2, 0) is 6.54 Å². The molecule has 0 saturated carbocycles. The van der Waals surface area contributed by atoms with E-state index in [0.717, 1.165) is 5.52 Å². The number of H-pyrrole nitrogens is 1. The van der Waals surface area contributed by atoms with Crippen LogP contribution in [0.4, 0.5) is 14.5 Å². The van der Waals surface area contributed by atoms with Gasteiger partial charge in [-0.05, 0) is 56.3 Å². The second kappa shape index (κ2) is 8.80. The van der Waals surface area contributed by atoms with Crippen LogP contribution in [0.15, 0.2) is 48.7 Å². The highest BCUT2D eigenvalue weighted by molar-refractivity contribution is 6.20. The number of carbonyl (C=O) groups excluding carboxylic acids is 1. The van der Waals surface area contributed by atoms with Crippen LogP contribution in [0.1, 0.15) is 36.1 Å². The summed E-state index contributed by atoms with van der Waals surface area (Å²) in [4.78, 5) is 17.5. The van der Waals surface area contributed by atoms with Crippen LogP contribution in [0, 0.1) is 0 Å². The minimum atomic E-state index is -3.82. The third-order valence-corrected chi connectivity index (χ3v) is 5.04. The van der Waals surface area contributed by atoms with E-state index in [-0.39, 0.29) is 5.75 Å². The average Bonchev–Trinajstić information content (AvgIpc) is 3.41. The number of ether oxygens (including phenoxy) is 1. The van der Waals surface area contributed by atoms with E-state index < -0.39 is 17.6 Å². The number of hydrogen-bond acceptors (Lipinski definition) is 5. The van der Waals surface area contributed by atoms with Gasteiger partial charge in [-0.25, -0.2) is 4.98 Å². The fourth-order valence-electron chi connectivity index (χ4n) is 3.61. The first-order chi connectivity index (χ1) is 15.7. The number of benzene rings is 2. The molecule has 2 heterocycles. The lowest BCUT2D eigenvalue weighted by atomic mass is 10.0. The first-order valence-electron chi connectivity index (χ1n) is 10.1. The van der Waals surface area contributed by atoms with Crippen LogP contribution >= 0.6 is 11.6 Å². The third-order valence-electron chi connectivity index (χ3n) is 4.96. The number of halogens is 3. The molecule has 1 atom stereocenters. The summed E-state index contributed by atoms with van der Waals surface area (Å²) in [5.74, 6) is -0.0946. The molecule has 0 aliphatic carbocycles. The Hall–Kier alpha value is -3.50. The molecule has 0 saturated heterocycles. The number of imidazole rings is 1. The highest BCUT2D eigenvalue weighted by Crippen LogP contribution is 2.32. The number of anilines is 1. The zero-order valence-corrected chi connectivity index (χ0v) is 18.4. The number of rotatable bonds is 7. The van der Waals surface area contributed by atoms with Crippen LogP contribution in [0.25, 0.3) is 22.3 Å². The number of amides is 1. The van der Waals surface area contributed by atoms with E-state index in [0.29, 0.717) is 40.4 Å². The van der Waals surface area contributed by atoms with Crippen molar-refractivity contribution in [2.45, 2.75) is 32.1 Å². The first-order valence-corrected chi connectivity index (χ1v) is 10.4. The summed E-state index contributed by atoms with van der Waals surface area (Å²) < 4.78 is 31.7. The fourth-order valence-corrected chi connectivity index (χ4v) is 3.70.